The van der Waals surface area contributed by atoms with Gasteiger partial charge in [0.25, 0.3) is 0 Å². The lowest BCUT2D eigenvalue weighted by Crippen LogP contribution is -2.29. The minimum Gasteiger partial charge on any atom is -0.493 e. The summed E-state index contributed by atoms with van der Waals surface area (Å²) in [7, 11) is 0. The Morgan fingerprint density at radius 3 is 2.48 bits per heavy atom. The van der Waals surface area contributed by atoms with Gasteiger partial charge in [-0.25, -0.2) is 14.0 Å². The average Bonchev–Trinajstić information content (AvgIpc) is 2.67. The molecule has 0 fully saturated rings. The fourth-order valence-corrected chi connectivity index (χ4v) is 1.94. The van der Waals surface area contributed by atoms with E-state index in [-0.39, 0.29) is 19.0 Å². The van der Waals surface area contributed by atoms with Crippen LogP contribution in [-0.4, -0.2) is 44.5 Å². The third-order valence-electron chi connectivity index (χ3n) is 3.43. The van der Waals surface area contributed by atoms with E-state index < -0.39 is 18.0 Å². The summed E-state index contributed by atoms with van der Waals surface area (Å²) >= 11 is 0. The van der Waals surface area contributed by atoms with Crippen molar-refractivity contribution in [2.24, 2.45) is 0 Å². The van der Waals surface area contributed by atoms with E-state index in [1.165, 1.54) is 6.07 Å². The van der Waals surface area contributed by atoms with Crippen molar-refractivity contribution < 1.29 is 32.9 Å². The Bertz CT molecular complexity index is 643. The molecule has 27 heavy (non-hydrogen) atoms. The summed E-state index contributed by atoms with van der Waals surface area (Å²) in [5, 5.41) is 0. The number of halogens is 1. The Balaban J connectivity index is 2.22. The molecular formula is C20H25FO6. The van der Waals surface area contributed by atoms with E-state index in [1.54, 1.807) is 19.1 Å². The van der Waals surface area contributed by atoms with Crippen LogP contribution in [0.2, 0.25) is 0 Å². The number of carbonyl (C=O) groups is 2. The first-order chi connectivity index (χ1) is 13.0. The van der Waals surface area contributed by atoms with Gasteiger partial charge in [0.2, 0.25) is 0 Å². The summed E-state index contributed by atoms with van der Waals surface area (Å²) in [6, 6.07) is 4.74. The van der Waals surface area contributed by atoms with E-state index in [0.29, 0.717) is 37.4 Å². The van der Waals surface area contributed by atoms with Gasteiger partial charge in [-0.2, -0.15) is 0 Å². The van der Waals surface area contributed by atoms with Crippen LogP contribution in [0.25, 0.3) is 0 Å². The monoisotopic (exact) mass is 380 g/mol. The molecule has 0 bridgehead atoms. The molecule has 0 N–H and O–H groups in total. The Kier molecular flexibility index (Phi) is 10.5. The van der Waals surface area contributed by atoms with Crippen molar-refractivity contribution in [3.05, 3.63) is 54.9 Å². The molecule has 0 spiro atoms. The number of unbranched alkanes of at least 4 members (excludes halogenated alkanes) is 1. The molecule has 0 aliphatic carbocycles. The van der Waals surface area contributed by atoms with Crippen molar-refractivity contribution in [3.8, 4) is 5.75 Å². The first-order valence-electron chi connectivity index (χ1n) is 8.55. The van der Waals surface area contributed by atoms with Crippen LogP contribution in [0.3, 0.4) is 0 Å². The number of benzene rings is 1. The second-order valence-electron chi connectivity index (χ2n) is 5.64. The van der Waals surface area contributed by atoms with E-state index in [9.17, 15) is 14.0 Å². The maximum atomic E-state index is 13.4. The van der Waals surface area contributed by atoms with Crippen molar-refractivity contribution >= 4 is 11.9 Å². The van der Waals surface area contributed by atoms with Gasteiger partial charge < -0.3 is 18.9 Å². The van der Waals surface area contributed by atoms with Crippen LogP contribution < -0.4 is 4.74 Å². The van der Waals surface area contributed by atoms with E-state index in [1.807, 2.05) is 0 Å². The highest BCUT2D eigenvalue weighted by atomic mass is 19.1. The topological polar surface area (TPSA) is 71.1 Å². The quantitative estimate of drug-likeness (QED) is 0.297. The van der Waals surface area contributed by atoms with Gasteiger partial charge >= 0.3 is 11.9 Å². The van der Waals surface area contributed by atoms with Crippen LogP contribution in [0, 0.1) is 12.7 Å². The number of hydrogen-bond acceptors (Lipinski definition) is 6. The van der Waals surface area contributed by atoms with E-state index >= 15 is 0 Å². The molecule has 1 rings (SSSR count). The van der Waals surface area contributed by atoms with Crippen LogP contribution in [-0.2, 0) is 23.8 Å². The highest BCUT2D eigenvalue weighted by Gasteiger charge is 2.15. The molecule has 0 saturated heterocycles. The summed E-state index contributed by atoms with van der Waals surface area (Å²) in [6.45, 7) is 9.07. The first kappa shape index (κ1) is 22.4. The summed E-state index contributed by atoms with van der Waals surface area (Å²) in [6.07, 6.45) is 2.72. The highest BCUT2D eigenvalue weighted by molar-refractivity contribution is 5.82. The normalized spacial score (nSPS) is 11.3. The number of esters is 2. The number of hydrogen-bond donors (Lipinski definition) is 0. The van der Waals surface area contributed by atoms with Crippen molar-refractivity contribution in [1.82, 2.24) is 0 Å². The van der Waals surface area contributed by atoms with Crippen LogP contribution in [0.15, 0.2) is 43.5 Å². The largest absolute Gasteiger partial charge is 0.493 e. The fraction of sp³-hybridized carbons (Fsp3) is 0.400. The van der Waals surface area contributed by atoms with Gasteiger partial charge in [-0.05, 0) is 31.4 Å². The summed E-state index contributed by atoms with van der Waals surface area (Å²) in [5.41, 5.74) is 0.571. The molecule has 0 aliphatic rings. The molecule has 1 aromatic rings. The van der Waals surface area contributed by atoms with E-state index in [2.05, 4.69) is 13.2 Å². The zero-order valence-corrected chi connectivity index (χ0v) is 15.4. The van der Waals surface area contributed by atoms with E-state index in [4.69, 9.17) is 18.9 Å². The third-order valence-corrected chi connectivity index (χ3v) is 3.43. The second-order valence-corrected chi connectivity index (χ2v) is 5.64. The standard InChI is InChI=1S/C20H25FO6/c1-4-19(22)26-14-17(27-20(23)5-2)13-24-10-6-7-11-25-16-9-8-15(3)18(21)12-16/h4-5,8-9,12,17H,1-2,6-7,10-11,13-14H2,3H3. The predicted octanol–water partition coefficient (Wildman–Crippen LogP) is 3.14. The van der Waals surface area contributed by atoms with Crippen molar-refractivity contribution in [3.63, 3.8) is 0 Å². The van der Waals surface area contributed by atoms with Gasteiger partial charge in [0.15, 0.2) is 6.10 Å². The SMILES string of the molecule is C=CC(=O)OCC(COCCCCOc1ccc(C)c(F)c1)OC(=O)C=C. The summed E-state index contributed by atoms with van der Waals surface area (Å²) in [4.78, 5) is 22.4. The Morgan fingerprint density at radius 2 is 1.81 bits per heavy atom. The number of carbonyl (C=O) groups excluding carboxylic acids is 2. The molecule has 6 nitrogen and oxygen atoms in total. The molecule has 148 valence electrons. The van der Waals surface area contributed by atoms with Crippen molar-refractivity contribution in [2.45, 2.75) is 25.9 Å². The lowest BCUT2D eigenvalue weighted by molar-refractivity contribution is -0.156. The van der Waals surface area contributed by atoms with Crippen LogP contribution in [0.4, 0.5) is 4.39 Å². The van der Waals surface area contributed by atoms with Gasteiger partial charge in [0, 0.05) is 24.8 Å². The molecule has 0 radical (unpaired) electrons. The van der Waals surface area contributed by atoms with Gasteiger partial charge in [-0.3, -0.25) is 0 Å². The second kappa shape index (κ2) is 12.6. The van der Waals surface area contributed by atoms with Gasteiger partial charge in [-0.15, -0.1) is 0 Å². The Labute approximate surface area is 158 Å². The van der Waals surface area contributed by atoms with Crippen LogP contribution >= 0.6 is 0 Å². The molecular weight excluding hydrogens is 355 g/mol. The minimum atomic E-state index is -0.730. The molecule has 0 aliphatic heterocycles. The predicted molar refractivity (Wildman–Crippen MR) is 97.9 cm³/mol. The molecule has 1 unspecified atom stereocenters. The number of aryl methyl sites for hydroxylation is 1. The zero-order chi connectivity index (χ0) is 20.1. The maximum absolute atomic E-state index is 13.4. The molecule has 7 heteroatoms. The maximum Gasteiger partial charge on any atom is 0.330 e. The minimum absolute atomic E-state index is 0.0774. The number of rotatable bonds is 13. The van der Waals surface area contributed by atoms with Crippen molar-refractivity contribution in [2.75, 3.05) is 26.4 Å². The van der Waals surface area contributed by atoms with Crippen molar-refractivity contribution in [1.29, 1.82) is 0 Å². The average molecular weight is 380 g/mol. The third kappa shape index (κ3) is 9.55. The molecule has 0 amide bonds. The molecule has 1 atom stereocenters. The Hall–Kier alpha value is -2.67. The lowest BCUT2D eigenvalue weighted by Gasteiger charge is -2.17. The van der Waals surface area contributed by atoms with Gasteiger partial charge in [0.05, 0.1) is 13.2 Å². The van der Waals surface area contributed by atoms with Gasteiger partial charge in [0.1, 0.15) is 18.2 Å². The molecule has 0 saturated carbocycles. The highest BCUT2D eigenvalue weighted by Crippen LogP contribution is 2.16. The molecule has 0 aromatic heterocycles. The summed E-state index contributed by atoms with van der Waals surface area (Å²) in [5.74, 6) is -1.05. The first-order valence-corrected chi connectivity index (χ1v) is 8.55. The molecule has 1 aromatic carbocycles. The zero-order valence-electron chi connectivity index (χ0n) is 15.4. The van der Waals surface area contributed by atoms with E-state index in [0.717, 1.165) is 12.2 Å². The lowest BCUT2D eigenvalue weighted by atomic mass is 10.2. The fourth-order valence-electron chi connectivity index (χ4n) is 1.94. The Morgan fingerprint density at radius 1 is 1.11 bits per heavy atom. The smallest absolute Gasteiger partial charge is 0.330 e. The van der Waals surface area contributed by atoms with Crippen LogP contribution in [0.5, 0.6) is 5.75 Å². The molecule has 0 heterocycles. The summed E-state index contributed by atoms with van der Waals surface area (Å²) < 4.78 is 34.2. The van der Waals surface area contributed by atoms with Gasteiger partial charge in [-0.1, -0.05) is 19.2 Å². The van der Waals surface area contributed by atoms with Crippen LogP contribution in [0.1, 0.15) is 18.4 Å². The number of ether oxygens (including phenoxy) is 4.